The Balaban J connectivity index is 5.07. The summed E-state index contributed by atoms with van der Waals surface area (Å²) in [6, 6.07) is 0. The minimum atomic E-state index is -4.96. The van der Waals surface area contributed by atoms with Gasteiger partial charge in [0.05, 0.1) is 26.4 Å². The number of phosphoric ester groups is 2. The van der Waals surface area contributed by atoms with E-state index in [1.807, 2.05) is 0 Å². The monoisotopic (exact) mass is 1580 g/mol. The first-order valence-electron chi connectivity index (χ1n) is 46.0. The fraction of sp³-hybridized carbons (Fsp3) is 0.955. The molecule has 0 aromatic rings. The fourth-order valence-electron chi connectivity index (χ4n) is 14.0. The van der Waals surface area contributed by atoms with E-state index in [1.54, 1.807) is 0 Å². The van der Waals surface area contributed by atoms with Crippen molar-refractivity contribution >= 4 is 39.5 Å². The van der Waals surface area contributed by atoms with Gasteiger partial charge in [-0.05, 0) is 37.5 Å². The van der Waals surface area contributed by atoms with Gasteiger partial charge in [-0.15, -0.1) is 0 Å². The Morgan fingerprint density at radius 3 is 0.630 bits per heavy atom. The summed E-state index contributed by atoms with van der Waals surface area (Å²) in [6.45, 7) is 9.67. The van der Waals surface area contributed by atoms with E-state index in [9.17, 15) is 43.2 Å². The predicted molar refractivity (Wildman–Crippen MR) is 446 cm³/mol. The summed E-state index contributed by atoms with van der Waals surface area (Å²) in [4.78, 5) is 73.0. The van der Waals surface area contributed by atoms with Crippen molar-refractivity contribution in [3.8, 4) is 0 Å². The molecule has 0 saturated carbocycles. The van der Waals surface area contributed by atoms with Crippen molar-refractivity contribution in [3.05, 3.63) is 0 Å². The van der Waals surface area contributed by atoms with E-state index in [4.69, 9.17) is 37.0 Å². The molecular weight excluding hydrogens is 1400 g/mol. The number of hydrogen-bond donors (Lipinski definition) is 3. The highest BCUT2D eigenvalue weighted by Gasteiger charge is 2.31. The molecule has 0 aliphatic heterocycles. The van der Waals surface area contributed by atoms with Crippen LogP contribution in [0.1, 0.15) is 478 Å². The first kappa shape index (κ1) is 106. The minimum Gasteiger partial charge on any atom is -0.462 e. The van der Waals surface area contributed by atoms with E-state index in [0.717, 1.165) is 108 Å². The van der Waals surface area contributed by atoms with Crippen molar-refractivity contribution in [1.82, 2.24) is 0 Å². The van der Waals surface area contributed by atoms with Crippen LogP contribution in [0.3, 0.4) is 0 Å². The number of hydrogen-bond acceptors (Lipinski definition) is 15. The number of carbonyl (C=O) groups excluding carboxylic acids is 4. The maximum absolute atomic E-state index is 13.1. The first-order chi connectivity index (χ1) is 52.4. The largest absolute Gasteiger partial charge is 0.472 e. The molecule has 0 aliphatic rings. The van der Waals surface area contributed by atoms with Crippen LogP contribution in [0.15, 0.2) is 0 Å². The number of unbranched alkanes of at least 4 members (excludes halogenated alkanes) is 58. The molecule has 0 aromatic carbocycles. The quantitative estimate of drug-likeness (QED) is 0.0222. The molecule has 0 aliphatic carbocycles. The smallest absolute Gasteiger partial charge is 0.462 e. The first-order valence-corrected chi connectivity index (χ1v) is 49.0. The van der Waals surface area contributed by atoms with Crippen LogP contribution in [0.5, 0.6) is 0 Å². The Hall–Kier alpha value is -1.94. The number of carbonyl (C=O) groups is 4. The van der Waals surface area contributed by atoms with Gasteiger partial charge in [0.15, 0.2) is 12.2 Å². The van der Waals surface area contributed by atoms with Crippen LogP contribution in [0, 0.1) is 11.8 Å². The van der Waals surface area contributed by atoms with Crippen LogP contribution in [-0.4, -0.2) is 96.7 Å². The Labute approximate surface area is 664 Å². The van der Waals surface area contributed by atoms with Crippen molar-refractivity contribution in [2.75, 3.05) is 39.6 Å². The highest BCUT2D eigenvalue weighted by molar-refractivity contribution is 7.47. The van der Waals surface area contributed by atoms with Gasteiger partial charge in [0.1, 0.15) is 19.3 Å². The Bertz CT molecular complexity index is 2060. The second-order valence-electron chi connectivity index (χ2n) is 32.9. The summed E-state index contributed by atoms with van der Waals surface area (Å²) >= 11 is 0. The van der Waals surface area contributed by atoms with Crippen LogP contribution < -0.4 is 0 Å². The van der Waals surface area contributed by atoms with Gasteiger partial charge in [-0.3, -0.25) is 37.3 Å². The molecule has 0 amide bonds. The zero-order chi connectivity index (χ0) is 79.2. The molecule has 0 heterocycles. The molecule has 0 spiro atoms. The lowest BCUT2D eigenvalue weighted by Crippen LogP contribution is -2.30. The summed E-state index contributed by atoms with van der Waals surface area (Å²) < 4.78 is 68.7. The topological polar surface area (TPSA) is 237 Å². The molecular formula is C89H174O17P2. The van der Waals surface area contributed by atoms with Gasteiger partial charge in [0.25, 0.3) is 0 Å². The summed E-state index contributed by atoms with van der Waals surface area (Å²) in [5, 5.41) is 10.7. The van der Waals surface area contributed by atoms with Gasteiger partial charge in [0, 0.05) is 25.7 Å². The van der Waals surface area contributed by atoms with E-state index in [-0.39, 0.29) is 25.7 Å². The molecule has 0 bridgehead atoms. The summed E-state index contributed by atoms with van der Waals surface area (Å²) in [7, 11) is -9.92. The second-order valence-corrected chi connectivity index (χ2v) is 35.8. The van der Waals surface area contributed by atoms with Gasteiger partial charge in [-0.1, -0.05) is 427 Å². The van der Waals surface area contributed by atoms with Crippen LogP contribution >= 0.6 is 15.6 Å². The Morgan fingerprint density at radius 1 is 0.250 bits per heavy atom. The zero-order valence-corrected chi connectivity index (χ0v) is 73.0. The third-order valence-corrected chi connectivity index (χ3v) is 22.9. The van der Waals surface area contributed by atoms with Crippen LogP contribution in [0.25, 0.3) is 0 Å². The van der Waals surface area contributed by atoms with Crippen LogP contribution in [0.2, 0.25) is 0 Å². The zero-order valence-electron chi connectivity index (χ0n) is 71.2. The molecule has 3 N–H and O–H groups in total. The van der Waals surface area contributed by atoms with Gasteiger partial charge in [-0.25, -0.2) is 9.13 Å². The molecule has 2 unspecified atom stereocenters. The molecule has 0 rings (SSSR count). The number of phosphoric acid groups is 2. The van der Waals surface area contributed by atoms with Crippen molar-refractivity contribution in [2.45, 2.75) is 496 Å². The molecule has 0 aromatic heterocycles. The number of rotatable bonds is 88. The number of aliphatic hydroxyl groups excluding tert-OH is 1. The summed E-state index contributed by atoms with van der Waals surface area (Å²) in [5.74, 6) is -0.468. The normalized spacial score (nSPS) is 13.8. The summed E-state index contributed by atoms with van der Waals surface area (Å²) in [5.41, 5.74) is 0. The lowest BCUT2D eigenvalue weighted by Gasteiger charge is -2.21. The van der Waals surface area contributed by atoms with E-state index in [1.165, 1.54) is 289 Å². The minimum absolute atomic E-state index is 0.108. The van der Waals surface area contributed by atoms with Gasteiger partial charge in [0.2, 0.25) is 0 Å². The lowest BCUT2D eigenvalue weighted by molar-refractivity contribution is -0.161. The third kappa shape index (κ3) is 82.1. The molecule has 5 atom stereocenters. The molecule has 19 heteroatoms. The van der Waals surface area contributed by atoms with Crippen molar-refractivity contribution in [2.24, 2.45) is 11.8 Å². The number of esters is 4. The molecule has 0 saturated heterocycles. The fourth-order valence-corrected chi connectivity index (χ4v) is 15.5. The SMILES string of the molecule is CCCCCCCCCCCCCCCCCCCCCCCC(=O)O[C@H](COC(=O)CCCCCCC)COP(=O)(O)OC[C@H](O)COP(=O)(O)OC[C@@H](COC(=O)CCCCCCCCCCCCCCCCCCCCC(C)C)OC(=O)CCCCCCCCCCCCCCCCCCCCC(C)C. The van der Waals surface area contributed by atoms with Crippen LogP contribution in [0.4, 0.5) is 0 Å². The lowest BCUT2D eigenvalue weighted by atomic mass is 10.0. The second kappa shape index (κ2) is 80.3. The Morgan fingerprint density at radius 2 is 0.426 bits per heavy atom. The predicted octanol–water partition coefficient (Wildman–Crippen LogP) is 27.4. The van der Waals surface area contributed by atoms with E-state index >= 15 is 0 Å². The molecule has 0 radical (unpaired) electrons. The Kier molecular flexibility index (Phi) is 78.8. The highest BCUT2D eigenvalue weighted by Crippen LogP contribution is 2.45. The summed E-state index contributed by atoms with van der Waals surface area (Å²) in [6.07, 6.45) is 74.3. The number of ether oxygens (including phenoxy) is 4. The standard InChI is InChI=1S/C89H174O17P2/c1-7-9-11-13-14-15-16-17-18-19-20-21-22-30-35-40-45-50-55-61-67-73-88(93)105-84(77-99-86(91)71-65-57-12-10-8-2)79-103-107(95,96)101-75-83(90)76-102-108(97,98)104-80-85(106-89(94)74-68-62-56-51-46-41-36-31-26-24-28-33-38-43-48-53-59-64-70-82(5)6)78-100-87(92)72-66-60-54-49-44-39-34-29-25-23-27-32-37-42-47-52-58-63-69-81(3)4/h81-85,90H,7-80H2,1-6H3,(H,95,96)(H,97,98)/t83-,84+,85+/m0/s1. The van der Waals surface area contributed by atoms with Crippen molar-refractivity contribution in [3.63, 3.8) is 0 Å². The van der Waals surface area contributed by atoms with Crippen molar-refractivity contribution < 1.29 is 80.2 Å². The average Bonchev–Trinajstić information content (AvgIpc) is 0.901. The van der Waals surface area contributed by atoms with Gasteiger partial charge < -0.3 is 33.8 Å². The maximum atomic E-state index is 13.1. The number of aliphatic hydroxyl groups is 1. The third-order valence-electron chi connectivity index (χ3n) is 21.0. The molecule has 108 heavy (non-hydrogen) atoms. The average molecular weight is 1580 g/mol. The van der Waals surface area contributed by atoms with E-state index in [2.05, 4.69) is 41.5 Å². The molecule has 17 nitrogen and oxygen atoms in total. The molecule has 642 valence electrons. The molecule has 0 fully saturated rings. The van der Waals surface area contributed by atoms with E-state index in [0.29, 0.717) is 25.7 Å². The highest BCUT2D eigenvalue weighted by atomic mass is 31.2. The van der Waals surface area contributed by atoms with E-state index < -0.39 is 97.5 Å². The van der Waals surface area contributed by atoms with Crippen molar-refractivity contribution in [1.29, 1.82) is 0 Å². The van der Waals surface area contributed by atoms with Crippen LogP contribution in [-0.2, 0) is 65.4 Å². The van der Waals surface area contributed by atoms with Gasteiger partial charge in [-0.2, -0.15) is 0 Å². The maximum Gasteiger partial charge on any atom is 0.472 e. The van der Waals surface area contributed by atoms with Gasteiger partial charge >= 0.3 is 39.5 Å².